The highest BCUT2D eigenvalue weighted by Gasteiger charge is 2.20. The van der Waals surface area contributed by atoms with Gasteiger partial charge in [-0.05, 0) is 55.5 Å². The van der Waals surface area contributed by atoms with Crippen molar-refractivity contribution in [3.05, 3.63) is 65.5 Å². The summed E-state index contributed by atoms with van der Waals surface area (Å²) in [5, 5.41) is 12.4. The van der Waals surface area contributed by atoms with E-state index in [0.717, 1.165) is 44.5 Å². The first-order chi connectivity index (χ1) is 13.1. The lowest BCUT2D eigenvalue weighted by molar-refractivity contribution is -0.121. The summed E-state index contributed by atoms with van der Waals surface area (Å²) in [7, 11) is 0. The minimum atomic E-state index is -0.285. The van der Waals surface area contributed by atoms with Crippen LogP contribution in [-0.4, -0.2) is 29.0 Å². The van der Waals surface area contributed by atoms with E-state index in [1.54, 1.807) is 30.3 Å². The molecule has 1 aliphatic heterocycles. The molecule has 2 aromatic rings. The summed E-state index contributed by atoms with van der Waals surface area (Å²) in [4.78, 5) is 14.5. The van der Waals surface area contributed by atoms with Gasteiger partial charge >= 0.3 is 0 Å². The number of aromatic hydroxyl groups is 1. The van der Waals surface area contributed by atoms with Crippen molar-refractivity contribution in [1.82, 2.24) is 10.2 Å². The quantitative estimate of drug-likeness (QED) is 0.779. The fraction of sp³-hybridized carbons (Fsp3) is 0.409. The molecule has 4 nitrogen and oxygen atoms in total. The largest absolute Gasteiger partial charge is 0.508 e. The van der Waals surface area contributed by atoms with Crippen LogP contribution in [0.5, 0.6) is 5.75 Å². The van der Waals surface area contributed by atoms with Crippen LogP contribution in [0, 0.1) is 11.7 Å². The number of amides is 1. The standard InChI is InChI=1S/C22H27FN2O2/c23-21-9-2-1-7-19(21)14-24-22(27)11-10-17-6-4-12-25(15-17)16-18-5-3-8-20(26)13-18/h1-3,5,7-9,13,17,26H,4,6,10-12,14-16H2,(H,24,27)/t17-/m0/s1. The summed E-state index contributed by atoms with van der Waals surface area (Å²) >= 11 is 0. The van der Waals surface area contributed by atoms with Crippen LogP contribution in [0.15, 0.2) is 48.5 Å². The van der Waals surface area contributed by atoms with Gasteiger partial charge in [-0.15, -0.1) is 0 Å². The van der Waals surface area contributed by atoms with E-state index in [4.69, 9.17) is 0 Å². The Balaban J connectivity index is 1.41. The third-order valence-electron chi connectivity index (χ3n) is 5.13. The predicted octanol–water partition coefficient (Wildman–Crippen LogP) is 3.84. The zero-order chi connectivity index (χ0) is 19.1. The molecule has 0 bridgehead atoms. The van der Waals surface area contributed by atoms with Crippen molar-refractivity contribution in [3.8, 4) is 5.75 Å². The molecule has 0 saturated carbocycles. The van der Waals surface area contributed by atoms with Gasteiger partial charge in [0.15, 0.2) is 0 Å². The minimum absolute atomic E-state index is 0.0247. The van der Waals surface area contributed by atoms with Crippen LogP contribution in [-0.2, 0) is 17.9 Å². The Labute approximate surface area is 160 Å². The van der Waals surface area contributed by atoms with Crippen molar-refractivity contribution in [3.63, 3.8) is 0 Å². The van der Waals surface area contributed by atoms with Gasteiger partial charge in [-0.25, -0.2) is 4.39 Å². The normalized spacial score (nSPS) is 17.6. The molecule has 0 aliphatic carbocycles. The lowest BCUT2D eigenvalue weighted by Crippen LogP contribution is -2.35. The Morgan fingerprint density at radius 3 is 2.89 bits per heavy atom. The van der Waals surface area contributed by atoms with Crippen LogP contribution >= 0.6 is 0 Å². The molecule has 27 heavy (non-hydrogen) atoms. The number of likely N-dealkylation sites (tertiary alicyclic amines) is 1. The number of halogens is 1. The fourth-order valence-electron chi connectivity index (χ4n) is 3.70. The van der Waals surface area contributed by atoms with Gasteiger partial charge in [-0.3, -0.25) is 9.69 Å². The zero-order valence-corrected chi connectivity index (χ0v) is 15.5. The summed E-state index contributed by atoms with van der Waals surface area (Å²) in [6.45, 7) is 3.08. The molecule has 3 rings (SSSR count). The third-order valence-corrected chi connectivity index (χ3v) is 5.13. The maximum atomic E-state index is 13.6. The monoisotopic (exact) mass is 370 g/mol. The van der Waals surface area contributed by atoms with E-state index in [1.807, 2.05) is 12.1 Å². The van der Waals surface area contributed by atoms with Crippen LogP contribution < -0.4 is 5.32 Å². The number of benzene rings is 2. The summed E-state index contributed by atoms with van der Waals surface area (Å²) in [5.74, 6) is 0.485. The van der Waals surface area contributed by atoms with Crippen LogP contribution in [0.2, 0.25) is 0 Å². The van der Waals surface area contributed by atoms with Crippen molar-refractivity contribution in [2.75, 3.05) is 13.1 Å². The van der Waals surface area contributed by atoms with Crippen molar-refractivity contribution in [2.24, 2.45) is 5.92 Å². The number of carbonyl (C=O) groups is 1. The van der Waals surface area contributed by atoms with Crippen LogP contribution in [0.3, 0.4) is 0 Å². The van der Waals surface area contributed by atoms with Crippen molar-refractivity contribution >= 4 is 5.91 Å². The number of phenols is 1. The molecule has 0 unspecified atom stereocenters. The maximum Gasteiger partial charge on any atom is 0.220 e. The van der Waals surface area contributed by atoms with Gasteiger partial charge in [0.05, 0.1) is 0 Å². The lowest BCUT2D eigenvalue weighted by atomic mass is 9.93. The molecule has 1 atom stereocenters. The molecule has 2 aromatic carbocycles. The molecular weight excluding hydrogens is 343 g/mol. The number of piperidine rings is 1. The van der Waals surface area contributed by atoms with E-state index in [0.29, 0.717) is 23.7 Å². The summed E-state index contributed by atoms with van der Waals surface area (Å²) < 4.78 is 13.6. The van der Waals surface area contributed by atoms with E-state index < -0.39 is 0 Å². The Bertz CT molecular complexity index is 765. The smallest absolute Gasteiger partial charge is 0.220 e. The van der Waals surface area contributed by atoms with E-state index in [1.165, 1.54) is 6.07 Å². The van der Waals surface area contributed by atoms with Gasteiger partial charge in [0, 0.05) is 31.6 Å². The molecule has 2 N–H and O–H groups in total. The molecule has 1 aliphatic rings. The second-order valence-electron chi connectivity index (χ2n) is 7.32. The Morgan fingerprint density at radius 1 is 1.22 bits per heavy atom. The van der Waals surface area contributed by atoms with Gasteiger partial charge in [0.1, 0.15) is 11.6 Å². The molecule has 144 valence electrons. The highest BCUT2D eigenvalue weighted by molar-refractivity contribution is 5.75. The number of phenolic OH excluding ortho intramolecular Hbond substituents is 1. The summed E-state index contributed by atoms with van der Waals surface area (Å²) in [5.41, 5.74) is 1.62. The Morgan fingerprint density at radius 2 is 2.07 bits per heavy atom. The molecule has 0 radical (unpaired) electrons. The first kappa shape index (κ1) is 19.4. The van der Waals surface area contributed by atoms with Crippen LogP contribution in [0.25, 0.3) is 0 Å². The number of nitrogens with zero attached hydrogens (tertiary/aromatic N) is 1. The summed E-state index contributed by atoms with van der Waals surface area (Å²) in [6.07, 6.45) is 3.58. The van der Waals surface area contributed by atoms with Crippen LogP contribution in [0.1, 0.15) is 36.8 Å². The van der Waals surface area contributed by atoms with Gasteiger partial charge in [-0.1, -0.05) is 30.3 Å². The van der Waals surface area contributed by atoms with E-state index in [9.17, 15) is 14.3 Å². The van der Waals surface area contributed by atoms with E-state index in [-0.39, 0.29) is 18.3 Å². The average molecular weight is 370 g/mol. The van der Waals surface area contributed by atoms with Crippen molar-refractivity contribution in [2.45, 2.75) is 38.8 Å². The second-order valence-corrected chi connectivity index (χ2v) is 7.32. The first-order valence-corrected chi connectivity index (χ1v) is 9.60. The highest BCUT2D eigenvalue weighted by atomic mass is 19.1. The number of nitrogens with one attached hydrogen (secondary N) is 1. The fourth-order valence-corrected chi connectivity index (χ4v) is 3.70. The third kappa shape index (κ3) is 6.07. The van der Waals surface area contributed by atoms with Crippen LogP contribution in [0.4, 0.5) is 4.39 Å². The second kappa shape index (κ2) is 9.51. The Hall–Kier alpha value is -2.40. The molecule has 0 aromatic heterocycles. The lowest BCUT2D eigenvalue weighted by Gasteiger charge is -2.32. The van der Waals surface area contributed by atoms with Gasteiger partial charge in [0.25, 0.3) is 0 Å². The molecular formula is C22H27FN2O2. The molecule has 1 amide bonds. The highest BCUT2D eigenvalue weighted by Crippen LogP contribution is 2.23. The number of carbonyl (C=O) groups excluding carboxylic acids is 1. The maximum absolute atomic E-state index is 13.6. The first-order valence-electron chi connectivity index (χ1n) is 9.60. The van der Waals surface area contributed by atoms with Gasteiger partial charge in [0.2, 0.25) is 5.91 Å². The Kier molecular flexibility index (Phi) is 6.82. The molecule has 1 heterocycles. The topological polar surface area (TPSA) is 52.6 Å². The van der Waals surface area contributed by atoms with Crippen molar-refractivity contribution < 1.29 is 14.3 Å². The molecule has 1 saturated heterocycles. The van der Waals surface area contributed by atoms with Gasteiger partial charge < -0.3 is 10.4 Å². The predicted molar refractivity (Wildman–Crippen MR) is 104 cm³/mol. The van der Waals surface area contributed by atoms with E-state index in [2.05, 4.69) is 10.2 Å². The van der Waals surface area contributed by atoms with Crippen molar-refractivity contribution in [1.29, 1.82) is 0 Å². The number of rotatable bonds is 7. The van der Waals surface area contributed by atoms with E-state index >= 15 is 0 Å². The molecule has 5 heteroatoms. The number of hydrogen-bond donors (Lipinski definition) is 2. The SMILES string of the molecule is O=C(CC[C@@H]1CCCN(Cc2cccc(O)c2)C1)NCc1ccccc1F. The van der Waals surface area contributed by atoms with Gasteiger partial charge in [-0.2, -0.15) is 0 Å². The molecule has 1 fully saturated rings. The zero-order valence-electron chi connectivity index (χ0n) is 15.5. The molecule has 0 spiro atoms. The summed E-state index contributed by atoms with van der Waals surface area (Å²) in [6, 6.07) is 13.9. The average Bonchev–Trinajstić information content (AvgIpc) is 2.66. The number of hydrogen-bond acceptors (Lipinski definition) is 3. The minimum Gasteiger partial charge on any atom is -0.508 e.